The van der Waals surface area contributed by atoms with Crippen molar-refractivity contribution in [3.63, 3.8) is 0 Å². The van der Waals surface area contributed by atoms with Crippen LogP contribution in [0.1, 0.15) is 12.8 Å². The molecule has 0 saturated carbocycles. The zero-order chi connectivity index (χ0) is 6.41. The van der Waals surface area contributed by atoms with Crippen LogP contribution in [0.5, 0.6) is 0 Å². The standard InChI is InChI=1S/C4H7Br2.CH3.Sn/c1-2-3-4(5)6;;/h4H,1-3H2;1H3;. The summed E-state index contributed by atoms with van der Waals surface area (Å²) in [5, 5.41) is 0. The molecule has 0 aliphatic carbocycles. The van der Waals surface area contributed by atoms with Crippen molar-refractivity contribution in [1.82, 2.24) is 0 Å². The minimum atomic E-state index is 0.109. The number of halogens is 2. The molecule has 0 fully saturated rings. The minimum absolute atomic E-state index is 0.109. The van der Waals surface area contributed by atoms with Crippen molar-refractivity contribution < 1.29 is 0 Å². The fourth-order valence-electron chi connectivity index (χ4n) is 0.433. The molecule has 8 heavy (non-hydrogen) atoms. The molecule has 3 heteroatoms. The quantitative estimate of drug-likeness (QED) is 0.416. The van der Waals surface area contributed by atoms with E-state index in [1.165, 1.54) is 17.3 Å². The van der Waals surface area contributed by atoms with Gasteiger partial charge >= 0.3 is 79.0 Å². The number of hydrogen-bond acceptors (Lipinski definition) is 0. The summed E-state index contributed by atoms with van der Waals surface area (Å²) in [5.74, 6) is 0. The Bertz CT molecular complexity index is 47.7. The van der Waals surface area contributed by atoms with Crippen LogP contribution in [0.3, 0.4) is 0 Å². The van der Waals surface area contributed by atoms with E-state index < -0.39 is 0 Å². The van der Waals surface area contributed by atoms with Crippen molar-refractivity contribution in [3.8, 4) is 0 Å². The summed E-state index contributed by atoms with van der Waals surface area (Å²) in [6.45, 7) is 0. The predicted molar refractivity (Wildman–Crippen MR) is 47.3 cm³/mol. The van der Waals surface area contributed by atoms with Gasteiger partial charge in [0.2, 0.25) is 0 Å². The summed E-state index contributed by atoms with van der Waals surface area (Å²) >= 11 is 6.99. The van der Waals surface area contributed by atoms with E-state index in [0.29, 0.717) is 3.74 Å². The second-order valence-electron chi connectivity index (χ2n) is 1.64. The third kappa shape index (κ3) is 7.76. The van der Waals surface area contributed by atoms with Crippen molar-refractivity contribution in [2.24, 2.45) is 0 Å². The molecule has 0 rings (SSSR count). The average molecular weight is 349 g/mol. The first kappa shape index (κ1) is 9.76. The van der Waals surface area contributed by atoms with Gasteiger partial charge in [-0.25, -0.2) is 0 Å². The summed E-state index contributed by atoms with van der Waals surface area (Å²) < 4.78 is 2.08. The number of alkyl halides is 2. The summed E-state index contributed by atoms with van der Waals surface area (Å²) in [4.78, 5) is 2.39. The molecular weight excluding hydrogens is 339 g/mol. The second-order valence-corrected chi connectivity index (χ2v) is 8.52. The van der Waals surface area contributed by atoms with Crippen LogP contribution >= 0.6 is 31.9 Å². The first-order valence-corrected chi connectivity index (χ1v) is 9.40. The molecule has 0 aliphatic heterocycles. The molecule has 0 atom stereocenters. The molecular formula is C5H10Br2Sn. The SMILES string of the molecule is [CH3][Sn][CH2]CCC(Br)Br. The Morgan fingerprint density at radius 2 is 2.12 bits per heavy atom. The molecule has 0 saturated heterocycles. The van der Waals surface area contributed by atoms with Gasteiger partial charge in [-0.1, -0.05) is 0 Å². The van der Waals surface area contributed by atoms with Crippen molar-refractivity contribution in [3.05, 3.63) is 0 Å². The number of rotatable bonds is 4. The first-order valence-electron chi connectivity index (χ1n) is 2.70. The van der Waals surface area contributed by atoms with E-state index in [2.05, 4.69) is 36.8 Å². The molecule has 48 valence electrons. The van der Waals surface area contributed by atoms with Crippen LogP contribution in [0, 0.1) is 0 Å². The summed E-state index contributed by atoms with van der Waals surface area (Å²) in [5.41, 5.74) is 0. The van der Waals surface area contributed by atoms with Gasteiger partial charge in [0.05, 0.1) is 0 Å². The fourth-order valence-corrected chi connectivity index (χ4v) is 2.67. The zero-order valence-electron chi connectivity index (χ0n) is 4.95. The van der Waals surface area contributed by atoms with Crippen LogP contribution in [0.4, 0.5) is 0 Å². The molecule has 0 aromatic carbocycles. The van der Waals surface area contributed by atoms with Crippen molar-refractivity contribution in [2.45, 2.75) is 26.0 Å². The van der Waals surface area contributed by atoms with Crippen LogP contribution in [0.25, 0.3) is 0 Å². The predicted octanol–water partition coefficient (Wildman–Crippen LogP) is 3.05. The molecule has 0 bridgehead atoms. The van der Waals surface area contributed by atoms with Gasteiger partial charge in [-0.2, -0.15) is 0 Å². The number of hydrogen-bond donors (Lipinski definition) is 0. The van der Waals surface area contributed by atoms with E-state index in [-0.39, 0.29) is 21.1 Å². The van der Waals surface area contributed by atoms with Gasteiger partial charge < -0.3 is 0 Å². The molecule has 0 aromatic rings. The van der Waals surface area contributed by atoms with E-state index in [9.17, 15) is 0 Å². The molecule has 2 radical (unpaired) electrons. The Balaban J connectivity index is 2.72. The Labute approximate surface area is 78.3 Å². The van der Waals surface area contributed by atoms with E-state index in [1.807, 2.05) is 0 Å². The molecule has 0 amide bonds. The van der Waals surface area contributed by atoms with Gasteiger partial charge in [-0.3, -0.25) is 0 Å². The zero-order valence-corrected chi connectivity index (χ0v) is 11.0. The van der Waals surface area contributed by atoms with Gasteiger partial charge in [0.25, 0.3) is 0 Å². The van der Waals surface area contributed by atoms with Crippen molar-refractivity contribution in [2.75, 3.05) is 0 Å². The average Bonchev–Trinajstić information content (AvgIpc) is 1.66. The Kier molecular flexibility index (Phi) is 8.38. The molecule has 0 aliphatic rings. The summed E-state index contributed by atoms with van der Waals surface area (Å²) in [7, 11) is 0. The van der Waals surface area contributed by atoms with Gasteiger partial charge in [-0.05, 0) is 0 Å². The monoisotopic (exact) mass is 348 g/mol. The Morgan fingerprint density at radius 1 is 1.50 bits per heavy atom. The Morgan fingerprint density at radius 3 is 2.50 bits per heavy atom. The Hall–Kier alpha value is 1.76. The molecule has 0 nitrogen and oxygen atoms in total. The first-order chi connectivity index (χ1) is 3.77. The third-order valence-electron chi connectivity index (χ3n) is 0.849. The maximum absolute atomic E-state index is 3.44. The third-order valence-corrected chi connectivity index (χ3v) is 4.20. The van der Waals surface area contributed by atoms with E-state index in [1.54, 1.807) is 0 Å². The summed E-state index contributed by atoms with van der Waals surface area (Å²) in [6, 6.07) is 0. The van der Waals surface area contributed by atoms with Gasteiger partial charge in [0.1, 0.15) is 0 Å². The van der Waals surface area contributed by atoms with E-state index >= 15 is 0 Å². The molecule has 0 unspecified atom stereocenters. The molecule has 0 aromatic heterocycles. The van der Waals surface area contributed by atoms with Gasteiger partial charge in [-0.15, -0.1) is 0 Å². The molecule has 0 spiro atoms. The van der Waals surface area contributed by atoms with E-state index in [0.717, 1.165) is 0 Å². The second kappa shape index (κ2) is 6.87. The summed E-state index contributed by atoms with van der Waals surface area (Å²) in [6.07, 6.45) is 2.69. The molecule has 0 heterocycles. The molecule has 0 N–H and O–H groups in total. The normalized spacial score (nSPS) is 10.5. The van der Waals surface area contributed by atoms with Crippen LogP contribution in [0.2, 0.25) is 9.38 Å². The topological polar surface area (TPSA) is 0 Å². The van der Waals surface area contributed by atoms with Gasteiger partial charge in [0, 0.05) is 0 Å². The van der Waals surface area contributed by atoms with Gasteiger partial charge in [0.15, 0.2) is 0 Å². The maximum atomic E-state index is 3.44. The fraction of sp³-hybridized carbons (Fsp3) is 1.00. The van der Waals surface area contributed by atoms with Crippen molar-refractivity contribution >= 4 is 53.0 Å². The van der Waals surface area contributed by atoms with Crippen LogP contribution in [0.15, 0.2) is 0 Å². The van der Waals surface area contributed by atoms with Crippen LogP contribution < -0.4 is 0 Å². The van der Waals surface area contributed by atoms with E-state index in [4.69, 9.17) is 0 Å². The van der Waals surface area contributed by atoms with Crippen LogP contribution in [-0.2, 0) is 0 Å². The van der Waals surface area contributed by atoms with Crippen LogP contribution in [-0.4, -0.2) is 24.9 Å². The van der Waals surface area contributed by atoms with Crippen molar-refractivity contribution in [1.29, 1.82) is 0 Å².